The molecular formula is C12H25NO4. The van der Waals surface area contributed by atoms with Crippen LogP contribution in [-0.2, 0) is 14.2 Å². The fourth-order valence-electron chi connectivity index (χ4n) is 1.08. The van der Waals surface area contributed by atoms with E-state index in [1.807, 2.05) is 20.8 Å². The van der Waals surface area contributed by atoms with Gasteiger partial charge in [-0.25, -0.2) is 4.79 Å². The molecule has 0 saturated heterocycles. The van der Waals surface area contributed by atoms with E-state index in [2.05, 4.69) is 0 Å². The minimum atomic E-state index is -0.444. The van der Waals surface area contributed by atoms with Crippen molar-refractivity contribution in [1.82, 2.24) is 4.90 Å². The van der Waals surface area contributed by atoms with Crippen molar-refractivity contribution in [2.45, 2.75) is 32.8 Å². The van der Waals surface area contributed by atoms with E-state index in [0.717, 1.165) is 6.42 Å². The van der Waals surface area contributed by atoms with Crippen LogP contribution in [0.3, 0.4) is 0 Å². The first-order valence-corrected chi connectivity index (χ1v) is 5.87. The summed E-state index contributed by atoms with van der Waals surface area (Å²) in [6.45, 7) is 8.00. The Kier molecular flexibility index (Phi) is 7.91. The van der Waals surface area contributed by atoms with Crippen LogP contribution in [0.25, 0.3) is 0 Å². The smallest absolute Gasteiger partial charge is 0.410 e. The normalized spacial score (nSPS) is 11.4. The molecule has 0 heterocycles. The summed E-state index contributed by atoms with van der Waals surface area (Å²) in [6.07, 6.45) is 0.494. The number of hydrogen-bond donors (Lipinski definition) is 0. The van der Waals surface area contributed by atoms with Crippen molar-refractivity contribution in [2.24, 2.45) is 0 Å². The number of carbonyl (C=O) groups excluding carboxylic acids is 1. The van der Waals surface area contributed by atoms with E-state index in [-0.39, 0.29) is 6.09 Å². The topological polar surface area (TPSA) is 48.0 Å². The molecule has 0 N–H and O–H groups in total. The Hall–Kier alpha value is -0.810. The maximum Gasteiger partial charge on any atom is 0.410 e. The van der Waals surface area contributed by atoms with Crippen LogP contribution in [0.4, 0.5) is 4.79 Å². The van der Waals surface area contributed by atoms with E-state index in [9.17, 15) is 4.79 Å². The first kappa shape index (κ1) is 16.2. The first-order valence-electron chi connectivity index (χ1n) is 5.87. The van der Waals surface area contributed by atoms with E-state index < -0.39 is 5.60 Å². The lowest BCUT2D eigenvalue weighted by Crippen LogP contribution is -2.35. The fraction of sp³-hybridized carbons (Fsp3) is 0.917. The molecule has 0 aromatic rings. The average Bonchev–Trinajstić information content (AvgIpc) is 2.20. The highest BCUT2D eigenvalue weighted by Crippen LogP contribution is 2.09. The zero-order valence-corrected chi connectivity index (χ0v) is 11.6. The summed E-state index contributed by atoms with van der Waals surface area (Å²) < 4.78 is 15.4. The Morgan fingerprint density at radius 2 is 1.82 bits per heavy atom. The standard InChI is InChI=1S/C12H25NO4/c1-12(2,3)17-11(14)13(4)7-6-8-16-10-9-15-5/h6-10H2,1-5H3. The van der Waals surface area contributed by atoms with E-state index in [1.165, 1.54) is 0 Å². The summed E-state index contributed by atoms with van der Waals surface area (Å²) >= 11 is 0. The van der Waals surface area contributed by atoms with Crippen LogP contribution in [0, 0.1) is 0 Å². The minimum absolute atomic E-state index is 0.297. The van der Waals surface area contributed by atoms with Gasteiger partial charge in [0.05, 0.1) is 13.2 Å². The lowest BCUT2D eigenvalue weighted by atomic mass is 10.2. The number of ether oxygens (including phenoxy) is 3. The van der Waals surface area contributed by atoms with Crippen LogP contribution >= 0.6 is 0 Å². The molecular weight excluding hydrogens is 222 g/mol. The summed E-state index contributed by atoms with van der Waals surface area (Å²) in [5.41, 5.74) is -0.444. The average molecular weight is 247 g/mol. The summed E-state index contributed by atoms with van der Waals surface area (Å²) in [6, 6.07) is 0. The molecule has 0 spiro atoms. The van der Waals surface area contributed by atoms with Gasteiger partial charge in [0.25, 0.3) is 0 Å². The second-order valence-corrected chi connectivity index (χ2v) is 4.86. The van der Waals surface area contributed by atoms with Crippen molar-refractivity contribution in [2.75, 3.05) is 40.5 Å². The molecule has 102 valence electrons. The van der Waals surface area contributed by atoms with Gasteiger partial charge >= 0.3 is 6.09 Å². The molecule has 0 rings (SSSR count). The van der Waals surface area contributed by atoms with E-state index >= 15 is 0 Å². The predicted octanol–water partition coefficient (Wildman–Crippen LogP) is 1.91. The van der Waals surface area contributed by atoms with Crippen LogP contribution in [-0.4, -0.2) is 57.1 Å². The van der Waals surface area contributed by atoms with Crippen LogP contribution in [0.2, 0.25) is 0 Å². The highest BCUT2D eigenvalue weighted by atomic mass is 16.6. The number of rotatable bonds is 7. The molecule has 5 heteroatoms. The SMILES string of the molecule is COCCOCCCN(C)C(=O)OC(C)(C)C. The van der Waals surface area contributed by atoms with Crippen LogP contribution < -0.4 is 0 Å². The molecule has 5 nitrogen and oxygen atoms in total. The first-order chi connectivity index (χ1) is 7.87. The number of amides is 1. The predicted molar refractivity (Wildman–Crippen MR) is 66.2 cm³/mol. The third kappa shape index (κ3) is 10.1. The molecule has 1 amide bonds. The molecule has 0 fully saturated rings. The van der Waals surface area contributed by atoms with Gasteiger partial charge in [0.15, 0.2) is 0 Å². The van der Waals surface area contributed by atoms with Crippen molar-refractivity contribution < 1.29 is 19.0 Å². The largest absolute Gasteiger partial charge is 0.444 e. The molecule has 17 heavy (non-hydrogen) atoms. The van der Waals surface area contributed by atoms with Gasteiger partial charge in [-0.05, 0) is 27.2 Å². The van der Waals surface area contributed by atoms with Crippen molar-refractivity contribution in [1.29, 1.82) is 0 Å². The van der Waals surface area contributed by atoms with Gasteiger partial charge in [-0.15, -0.1) is 0 Å². The van der Waals surface area contributed by atoms with E-state index in [0.29, 0.717) is 26.4 Å². The highest BCUT2D eigenvalue weighted by Gasteiger charge is 2.18. The number of carbonyl (C=O) groups is 1. The Labute approximate surface area is 104 Å². The van der Waals surface area contributed by atoms with Crippen LogP contribution in [0.15, 0.2) is 0 Å². The molecule has 0 aliphatic rings. The fourth-order valence-corrected chi connectivity index (χ4v) is 1.08. The Balaban J connectivity index is 3.58. The Morgan fingerprint density at radius 1 is 1.18 bits per heavy atom. The molecule has 0 aliphatic heterocycles. The van der Waals surface area contributed by atoms with Crippen molar-refractivity contribution in [3.63, 3.8) is 0 Å². The van der Waals surface area contributed by atoms with E-state index in [4.69, 9.17) is 14.2 Å². The van der Waals surface area contributed by atoms with Crippen molar-refractivity contribution >= 4 is 6.09 Å². The summed E-state index contributed by atoms with van der Waals surface area (Å²) in [4.78, 5) is 13.1. The monoisotopic (exact) mass is 247 g/mol. The summed E-state index contributed by atoms with van der Waals surface area (Å²) in [7, 11) is 3.36. The van der Waals surface area contributed by atoms with Gasteiger partial charge in [-0.3, -0.25) is 0 Å². The van der Waals surface area contributed by atoms with Gasteiger partial charge in [-0.1, -0.05) is 0 Å². The zero-order chi connectivity index (χ0) is 13.3. The number of nitrogens with zero attached hydrogens (tertiary/aromatic N) is 1. The number of hydrogen-bond acceptors (Lipinski definition) is 4. The maximum atomic E-state index is 11.6. The Bertz CT molecular complexity index is 213. The van der Waals surface area contributed by atoms with E-state index in [1.54, 1.807) is 19.1 Å². The third-order valence-corrected chi connectivity index (χ3v) is 1.92. The minimum Gasteiger partial charge on any atom is -0.444 e. The van der Waals surface area contributed by atoms with Gasteiger partial charge in [-0.2, -0.15) is 0 Å². The molecule has 0 aliphatic carbocycles. The number of methoxy groups -OCH3 is 1. The molecule has 0 aromatic carbocycles. The summed E-state index contributed by atoms with van der Waals surface area (Å²) in [5, 5.41) is 0. The molecule has 0 bridgehead atoms. The summed E-state index contributed by atoms with van der Waals surface area (Å²) in [5.74, 6) is 0. The van der Waals surface area contributed by atoms with Gasteiger partial charge in [0.2, 0.25) is 0 Å². The third-order valence-electron chi connectivity index (χ3n) is 1.92. The van der Waals surface area contributed by atoms with Gasteiger partial charge in [0.1, 0.15) is 5.60 Å². The van der Waals surface area contributed by atoms with Gasteiger partial charge in [0, 0.05) is 27.3 Å². The lowest BCUT2D eigenvalue weighted by Gasteiger charge is -2.24. The van der Waals surface area contributed by atoms with Crippen molar-refractivity contribution in [3.8, 4) is 0 Å². The Morgan fingerprint density at radius 3 is 2.35 bits per heavy atom. The highest BCUT2D eigenvalue weighted by molar-refractivity contribution is 5.67. The molecule has 0 aromatic heterocycles. The molecule has 0 unspecified atom stereocenters. The molecule has 0 radical (unpaired) electrons. The van der Waals surface area contributed by atoms with Gasteiger partial charge < -0.3 is 19.1 Å². The van der Waals surface area contributed by atoms with Crippen molar-refractivity contribution in [3.05, 3.63) is 0 Å². The lowest BCUT2D eigenvalue weighted by molar-refractivity contribution is 0.0265. The maximum absolute atomic E-state index is 11.6. The second-order valence-electron chi connectivity index (χ2n) is 4.86. The molecule has 0 saturated carbocycles. The quantitative estimate of drug-likeness (QED) is 0.645. The van der Waals surface area contributed by atoms with Crippen LogP contribution in [0.1, 0.15) is 27.2 Å². The second kappa shape index (κ2) is 8.31. The van der Waals surface area contributed by atoms with Crippen LogP contribution in [0.5, 0.6) is 0 Å². The molecule has 0 atom stereocenters. The zero-order valence-electron chi connectivity index (χ0n) is 11.6.